The molecule has 112 valence electrons. The Balaban J connectivity index is 2.55. The number of aliphatic hydroxyl groups excluding tert-OH is 3. The fraction of sp³-hybridized carbons (Fsp3) is 0.636. The predicted molar refractivity (Wildman–Crippen MR) is 66.9 cm³/mol. The van der Waals surface area contributed by atoms with Gasteiger partial charge in [-0.05, 0) is 6.54 Å². The van der Waals surface area contributed by atoms with Crippen molar-refractivity contribution in [3.05, 3.63) is 33.1 Å². The molecule has 2 rings (SSSR count). The van der Waals surface area contributed by atoms with Gasteiger partial charge in [-0.15, -0.1) is 0 Å². The summed E-state index contributed by atoms with van der Waals surface area (Å²) in [7, 11) is 0. The van der Waals surface area contributed by atoms with E-state index in [-0.39, 0.29) is 13.0 Å². The summed E-state index contributed by atoms with van der Waals surface area (Å²) in [5, 5.41) is 29.2. The fourth-order valence-electron chi connectivity index (χ4n) is 2.47. The highest BCUT2D eigenvalue weighted by molar-refractivity contribution is 5.01. The van der Waals surface area contributed by atoms with Gasteiger partial charge in [0.1, 0.15) is 18.3 Å². The molecule has 6 N–H and O–H groups in total. The maximum atomic E-state index is 11.9. The molecule has 1 aromatic heterocycles. The largest absolute Gasteiger partial charge is 0.394 e. The van der Waals surface area contributed by atoms with Crippen LogP contribution >= 0.6 is 0 Å². The van der Waals surface area contributed by atoms with Crippen LogP contribution in [0.2, 0.25) is 0 Å². The van der Waals surface area contributed by atoms with E-state index in [2.05, 4.69) is 0 Å². The molecule has 0 unspecified atom stereocenters. The van der Waals surface area contributed by atoms with E-state index in [0.717, 1.165) is 16.8 Å². The topological polar surface area (TPSA) is 151 Å². The SMILES string of the molecule is NCC[C@@]1(n2ccc(=O)[nH]c2=O)O[C@H](CO)[C@@H](O)[C@H]1O. The number of hydrogen-bond acceptors (Lipinski definition) is 7. The van der Waals surface area contributed by atoms with Crippen LogP contribution < -0.4 is 17.0 Å². The number of nitrogens with two attached hydrogens (primary N) is 1. The van der Waals surface area contributed by atoms with Crippen LogP contribution in [0.25, 0.3) is 0 Å². The Morgan fingerprint density at radius 2 is 2.15 bits per heavy atom. The molecule has 0 bridgehead atoms. The second-order valence-corrected chi connectivity index (χ2v) is 4.64. The first-order chi connectivity index (χ1) is 9.46. The maximum Gasteiger partial charge on any atom is 0.330 e. The minimum Gasteiger partial charge on any atom is -0.394 e. The minimum absolute atomic E-state index is 0.0215. The van der Waals surface area contributed by atoms with E-state index in [1.54, 1.807) is 0 Å². The quantitative estimate of drug-likeness (QED) is 0.388. The summed E-state index contributed by atoms with van der Waals surface area (Å²) < 4.78 is 6.46. The summed E-state index contributed by atoms with van der Waals surface area (Å²) in [6.45, 7) is -0.462. The van der Waals surface area contributed by atoms with E-state index in [0.29, 0.717) is 0 Å². The summed E-state index contributed by atoms with van der Waals surface area (Å²) in [6, 6.07) is 1.09. The highest BCUT2D eigenvalue weighted by Gasteiger charge is 2.55. The van der Waals surface area contributed by atoms with E-state index < -0.39 is 41.9 Å². The summed E-state index contributed by atoms with van der Waals surface area (Å²) >= 11 is 0. The van der Waals surface area contributed by atoms with Crippen LogP contribution in [0.1, 0.15) is 6.42 Å². The standard InChI is InChI=1S/C11H17N3O6/c12-3-2-11(9(18)8(17)6(5-15)20-11)14-4-1-7(16)13-10(14)19/h1,4,6,8-9,15,17-18H,2-3,5,12H2,(H,13,16,19)/t6-,8-,9-,11-/m1/s1. The molecular weight excluding hydrogens is 270 g/mol. The zero-order valence-corrected chi connectivity index (χ0v) is 10.6. The second-order valence-electron chi connectivity index (χ2n) is 4.64. The van der Waals surface area contributed by atoms with Gasteiger partial charge in [-0.3, -0.25) is 14.3 Å². The average molecular weight is 287 g/mol. The number of aromatic amines is 1. The lowest BCUT2D eigenvalue weighted by Gasteiger charge is -2.33. The second kappa shape index (κ2) is 5.46. The Morgan fingerprint density at radius 3 is 2.65 bits per heavy atom. The maximum absolute atomic E-state index is 11.9. The van der Waals surface area contributed by atoms with Gasteiger partial charge in [0.25, 0.3) is 5.56 Å². The smallest absolute Gasteiger partial charge is 0.330 e. The normalized spacial score (nSPS) is 33.5. The van der Waals surface area contributed by atoms with Crippen LogP contribution in [0.4, 0.5) is 0 Å². The van der Waals surface area contributed by atoms with Crippen molar-refractivity contribution in [2.24, 2.45) is 5.73 Å². The molecule has 20 heavy (non-hydrogen) atoms. The van der Waals surface area contributed by atoms with Crippen LogP contribution in [0.5, 0.6) is 0 Å². The number of aliphatic hydroxyl groups is 3. The molecule has 2 heterocycles. The molecule has 0 radical (unpaired) electrons. The van der Waals surface area contributed by atoms with Crippen LogP contribution in [0, 0.1) is 0 Å². The summed E-state index contributed by atoms with van der Waals surface area (Å²) in [5.41, 5.74) is 2.47. The van der Waals surface area contributed by atoms with Crippen LogP contribution in [-0.2, 0) is 10.5 Å². The molecule has 1 fully saturated rings. The number of rotatable bonds is 4. The Kier molecular flexibility index (Phi) is 4.06. The molecule has 1 aliphatic rings. The van der Waals surface area contributed by atoms with Gasteiger partial charge in [0.15, 0.2) is 5.72 Å². The lowest BCUT2D eigenvalue weighted by Crippen LogP contribution is -2.52. The zero-order chi connectivity index (χ0) is 14.9. The molecule has 1 saturated heterocycles. The molecule has 0 aliphatic carbocycles. The van der Waals surface area contributed by atoms with Gasteiger partial charge in [0.2, 0.25) is 0 Å². The monoisotopic (exact) mass is 287 g/mol. The Bertz CT molecular complexity index is 584. The van der Waals surface area contributed by atoms with Crippen molar-refractivity contribution in [3.63, 3.8) is 0 Å². The molecule has 0 spiro atoms. The first kappa shape index (κ1) is 14.9. The van der Waals surface area contributed by atoms with Crippen molar-refractivity contribution in [1.82, 2.24) is 9.55 Å². The van der Waals surface area contributed by atoms with Crippen molar-refractivity contribution in [2.45, 2.75) is 30.5 Å². The van der Waals surface area contributed by atoms with Crippen LogP contribution in [0.15, 0.2) is 21.9 Å². The lowest BCUT2D eigenvalue weighted by atomic mass is 9.99. The number of hydrogen-bond donors (Lipinski definition) is 5. The van der Waals surface area contributed by atoms with Gasteiger partial charge < -0.3 is 25.8 Å². The Hall–Kier alpha value is -1.52. The third kappa shape index (κ3) is 2.19. The van der Waals surface area contributed by atoms with Crippen molar-refractivity contribution < 1.29 is 20.1 Å². The van der Waals surface area contributed by atoms with Crippen LogP contribution in [0.3, 0.4) is 0 Å². The van der Waals surface area contributed by atoms with Gasteiger partial charge in [-0.25, -0.2) is 4.79 Å². The zero-order valence-electron chi connectivity index (χ0n) is 10.6. The molecule has 0 saturated carbocycles. The third-order valence-electron chi connectivity index (χ3n) is 3.44. The lowest BCUT2D eigenvalue weighted by molar-refractivity contribution is -0.153. The van der Waals surface area contributed by atoms with E-state index in [1.807, 2.05) is 4.98 Å². The minimum atomic E-state index is -1.62. The van der Waals surface area contributed by atoms with Gasteiger partial charge in [0, 0.05) is 18.7 Å². The molecular formula is C11H17N3O6. The highest BCUT2D eigenvalue weighted by Crippen LogP contribution is 2.37. The van der Waals surface area contributed by atoms with Gasteiger partial charge in [-0.2, -0.15) is 0 Å². The first-order valence-electron chi connectivity index (χ1n) is 6.13. The van der Waals surface area contributed by atoms with E-state index in [4.69, 9.17) is 15.6 Å². The molecule has 1 aliphatic heterocycles. The summed E-state index contributed by atoms with van der Waals surface area (Å²) in [5.74, 6) is 0. The van der Waals surface area contributed by atoms with E-state index in [1.165, 1.54) is 0 Å². The number of nitrogens with zero attached hydrogens (tertiary/aromatic N) is 1. The van der Waals surface area contributed by atoms with Crippen molar-refractivity contribution >= 4 is 0 Å². The third-order valence-corrected chi connectivity index (χ3v) is 3.44. The number of H-pyrrole nitrogens is 1. The van der Waals surface area contributed by atoms with E-state index in [9.17, 15) is 19.8 Å². The first-order valence-corrected chi connectivity index (χ1v) is 6.13. The molecule has 4 atom stereocenters. The van der Waals surface area contributed by atoms with Crippen molar-refractivity contribution in [3.8, 4) is 0 Å². The van der Waals surface area contributed by atoms with Crippen molar-refractivity contribution in [2.75, 3.05) is 13.2 Å². The summed E-state index contributed by atoms with van der Waals surface area (Å²) in [6.07, 6.45) is -2.70. The predicted octanol–water partition coefficient (Wildman–Crippen LogP) is -3.35. The molecule has 9 nitrogen and oxygen atoms in total. The number of nitrogens with one attached hydrogen (secondary N) is 1. The van der Waals surface area contributed by atoms with Crippen molar-refractivity contribution in [1.29, 1.82) is 0 Å². The molecule has 0 aromatic carbocycles. The molecule has 0 amide bonds. The average Bonchev–Trinajstić information content (AvgIpc) is 2.65. The highest BCUT2D eigenvalue weighted by atomic mass is 16.6. The van der Waals surface area contributed by atoms with Crippen LogP contribution in [-0.4, -0.2) is 56.3 Å². The fourth-order valence-corrected chi connectivity index (χ4v) is 2.47. The van der Waals surface area contributed by atoms with Gasteiger partial charge in [-0.1, -0.05) is 0 Å². The number of ether oxygens (including phenoxy) is 1. The Labute approximate surface area is 113 Å². The van der Waals surface area contributed by atoms with E-state index >= 15 is 0 Å². The number of aromatic nitrogens is 2. The molecule has 9 heteroatoms. The van der Waals surface area contributed by atoms with Gasteiger partial charge >= 0.3 is 5.69 Å². The van der Waals surface area contributed by atoms with Gasteiger partial charge in [0.05, 0.1) is 6.61 Å². The Morgan fingerprint density at radius 1 is 1.45 bits per heavy atom. The summed E-state index contributed by atoms with van der Waals surface area (Å²) in [4.78, 5) is 25.0. The molecule has 1 aromatic rings.